The number of rotatable bonds is 9. The molecule has 0 radical (unpaired) electrons. The molecule has 0 bridgehead atoms. The SMILES string of the molecule is C=CCCOCCNC(C)c1ccccc1OC. The average Bonchev–Trinajstić information content (AvgIpc) is 2.42. The molecule has 1 aromatic rings. The maximum Gasteiger partial charge on any atom is 0.123 e. The van der Waals surface area contributed by atoms with Gasteiger partial charge >= 0.3 is 0 Å². The Labute approximate surface area is 110 Å². The molecule has 0 saturated carbocycles. The lowest BCUT2D eigenvalue weighted by Gasteiger charge is -2.17. The Hall–Kier alpha value is -1.32. The fourth-order valence-electron chi connectivity index (χ4n) is 1.75. The highest BCUT2D eigenvalue weighted by molar-refractivity contribution is 5.35. The van der Waals surface area contributed by atoms with Gasteiger partial charge in [-0.3, -0.25) is 0 Å². The molecule has 0 aliphatic carbocycles. The smallest absolute Gasteiger partial charge is 0.123 e. The van der Waals surface area contributed by atoms with E-state index in [-0.39, 0.29) is 6.04 Å². The molecule has 3 heteroatoms. The largest absolute Gasteiger partial charge is 0.496 e. The van der Waals surface area contributed by atoms with Gasteiger partial charge in [-0.15, -0.1) is 6.58 Å². The number of ether oxygens (including phenoxy) is 2. The summed E-state index contributed by atoms with van der Waals surface area (Å²) >= 11 is 0. The van der Waals surface area contributed by atoms with Crippen molar-refractivity contribution in [3.8, 4) is 5.75 Å². The van der Waals surface area contributed by atoms with Gasteiger partial charge in [-0.2, -0.15) is 0 Å². The fraction of sp³-hybridized carbons (Fsp3) is 0.467. The minimum Gasteiger partial charge on any atom is -0.496 e. The zero-order valence-electron chi connectivity index (χ0n) is 11.3. The highest BCUT2D eigenvalue weighted by atomic mass is 16.5. The van der Waals surface area contributed by atoms with E-state index in [9.17, 15) is 0 Å². The first kappa shape index (κ1) is 14.7. The third-order valence-electron chi connectivity index (χ3n) is 2.77. The molecular weight excluding hydrogens is 226 g/mol. The molecule has 1 unspecified atom stereocenters. The summed E-state index contributed by atoms with van der Waals surface area (Å²) in [6.45, 7) is 8.07. The van der Waals surface area contributed by atoms with Crippen LogP contribution in [0.25, 0.3) is 0 Å². The summed E-state index contributed by atoms with van der Waals surface area (Å²) in [5.41, 5.74) is 1.17. The molecule has 0 amide bonds. The molecule has 1 N–H and O–H groups in total. The summed E-state index contributed by atoms with van der Waals surface area (Å²) in [5, 5.41) is 3.42. The highest BCUT2D eigenvalue weighted by Gasteiger charge is 2.09. The van der Waals surface area contributed by atoms with Crippen molar-refractivity contribution in [3.05, 3.63) is 42.5 Å². The number of benzene rings is 1. The summed E-state index contributed by atoms with van der Waals surface area (Å²) in [6.07, 6.45) is 2.77. The summed E-state index contributed by atoms with van der Waals surface area (Å²) < 4.78 is 10.8. The van der Waals surface area contributed by atoms with Crippen molar-refractivity contribution in [1.29, 1.82) is 0 Å². The third kappa shape index (κ3) is 4.90. The third-order valence-corrected chi connectivity index (χ3v) is 2.77. The van der Waals surface area contributed by atoms with E-state index in [4.69, 9.17) is 9.47 Å². The number of nitrogens with one attached hydrogen (secondary N) is 1. The van der Waals surface area contributed by atoms with Crippen LogP contribution in [-0.2, 0) is 4.74 Å². The monoisotopic (exact) mass is 249 g/mol. The van der Waals surface area contributed by atoms with Crippen molar-refractivity contribution in [2.45, 2.75) is 19.4 Å². The second kappa shape index (κ2) is 8.72. The van der Waals surface area contributed by atoms with Crippen LogP contribution in [0.2, 0.25) is 0 Å². The maximum atomic E-state index is 5.45. The average molecular weight is 249 g/mol. The van der Waals surface area contributed by atoms with Gasteiger partial charge in [0.25, 0.3) is 0 Å². The van der Waals surface area contributed by atoms with Crippen molar-refractivity contribution in [2.24, 2.45) is 0 Å². The van der Waals surface area contributed by atoms with Gasteiger partial charge < -0.3 is 14.8 Å². The van der Waals surface area contributed by atoms with E-state index in [0.717, 1.165) is 25.3 Å². The maximum absolute atomic E-state index is 5.45. The predicted octanol–water partition coefficient (Wildman–Crippen LogP) is 2.94. The van der Waals surface area contributed by atoms with E-state index in [0.29, 0.717) is 6.61 Å². The Morgan fingerprint density at radius 3 is 2.83 bits per heavy atom. The van der Waals surface area contributed by atoms with Gasteiger partial charge in [0.1, 0.15) is 5.75 Å². The minimum atomic E-state index is 0.254. The second-order valence-electron chi connectivity index (χ2n) is 4.11. The molecule has 0 spiro atoms. The molecule has 0 fully saturated rings. The zero-order valence-corrected chi connectivity index (χ0v) is 11.3. The number of hydrogen-bond donors (Lipinski definition) is 1. The van der Waals surface area contributed by atoms with Crippen molar-refractivity contribution >= 4 is 0 Å². The number of methoxy groups -OCH3 is 1. The summed E-state index contributed by atoms with van der Waals surface area (Å²) in [4.78, 5) is 0. The molecule has 18 heavy (non-hydrogen) atoms. The van der Waals surface area contributed by atoms with E-state index >= 15 is 0 Å². The molecule has 3 nitrogen and oxygen atoms in total. The van der Waals surface area contributed by atoms with Crippen LogP contribution < -0.4 is 10.1 Å². The van der Waals surface area contributed by atoms with Crippen LogP contribution in [-0.4, -0.2) is 26.9 Å². The van der Waals surface area contributed by atoms with Gasteiger partial charge in [0.2, 0.25) is 0 Å². The summed E-state index contributed by atoms with van der Waals surface area (Å²) in [5.74, 6) is 0.921. The first-order valence-corrected chi connectivity index (χ1v) is 6.34. The molecule has 0 heterocycles. The van der Waals surface area contributed by atoms with Crippen LogP contribution in [0.4, 0.5) is 0 Å². The van der Waals surface area contributed by atoms with Crippen molar-refractivity contribution in [1.82, 2.24) is 5.32 Å². The Balaban J connectivity index is 2.31. The first-order valence-electron chi connectivity index (χ1n) is 6.34. The Morgan fingerprint density at radius 2 is 2.11 bits per heavy atom. The van der Waals surface area contributed by atoms with Crippen LogP contribution in [0.5, 0.6) is 5.75 Å². The molecule has 1 atom stereocenters. The molecule has 0 saturated heterocycles. The molecule has 0 aromatic heterocycles. The summed E-state index contributed by atoms with van der Waals surface area (Å²) in [6, 6.07) is 8.32. The molecular formula is C15H23NO2. The predicted molar refractivity (Wildman–Crippen MR) is 75.0 cm³/mol. The molecule has 0 aliphatic rings. The topological polar surface area (TPSA) is 30.5 Å². The van der Waals surface area contributed by atoms with Crippen LogP contribution in [0.3, 0.4) is 0 Å². The van der Waals surface area contributed by atoms with E-state index in [1.807, 2.05) is 24.3 Å². The highest BCUT2D eigenvalue weighted by Crippen LogP contribution is 2.23. The Kier molecular flexibility index (Phi) is 7.14. The lowest BCUT2D eigenvalue weighted by atomic mass is 10.1. The van der Waals surface area contributed by atoms with Gasteiger partial charge in [-0.25, -0.2) is 0 Å². The van der Waals surface area contributed by atoms with Gasteiger partial charge in [0.15, 0.2) is 0 Å². The standard InChI is InChI=1S/C15H23NO2/c1-4-5-11-18-12-10-16-13(2)14-8-6-7-9-15(14)17-3/h4,6-9,13,16H,1,5,10-12H2,2-3H3. The lowest BCUT2D eigenvalue weighted by molar-refractivity contribution is 0.138. The van der Waals surface area contributed by atoms with Crippen LogP contribution in [0.15, 0.2) is 36.9 Å². The molecule has 1 rings (SSSR count). The van der Waals surface area contributed by atoms with E-state index in [1.54, 1.807) is 7.11 Å². The lowest BCUT2D eigenvalue weighted by Crippen LogP contribution is -2.23. The van der Waals surface area contributed by atoms with Crippen molar-refractivity contribution in [3.63, 3.8) is 0 Å². The van der Waals surface area contributed by atoms with Gasteiger partial charge in [0, 0.05) is 18.2 Å². The second-order valence-corrected chi connectivity index (χ2v) is 4.11. The first-order chi connectivity index (χ1) is 8.79. The van der Waals surface area contributed by atoms with E-state index < -0.39 is 0 Å². The zero-order chi connectivity index (χ0) is 13.2. The van der Waals surface area contributed by atoms with E-state index in [2.05, 4.69) is 24.9 Å². The minimum absolute atomic E-state index is 0.254. The van der Waals surface area contributed by atoms with Crippen molar-refractivity contribution in [2.75, 3.05) is 26.9 Å². The Morgan fingerprint density at radius 1 is 1.33 bits per heavy atom. The molecule has 100 valence electrons. The van der Waals surface area contributed by atoms with Gasteiger partial charge in [-0.1, -0.05) is 24.3 Å². The van der Waals surface area contributed by atoms with Crippen LogP contribution in [0, 0.1) is 0 Å². The number of para-hydroxylation sites is 1. The van der Waals surface area contributed by atoms with Crippen LogP contribution >= 0.6 is 0 Å². The molecule has 1 aromatic carbocycles. The van der Waals surface area contributed by atoms with Gasteiger partial charge in [0.05, 0.1) is 20.3 Å². The van der Waals surface area contributed by atoms with Crippen LogP contribution in [0.1, 0.15) is 24.9 Å². The summed E-state index contributed by atoms with van der Waals surface area (Å²) in [7, 11) is 1.70. The fourth-order valence-corrected chi connectivity index (χ4v) is 1.75. The van der Waals surface area contributed by atoms with E-state index in [1.165, 1.54) is 5.56 Å². The normalized spacial score (nSPS) is 12.1. The quantitative estimate of drug-likeness (QED) is 0.539. The van der Waals surface area contributed by atoms with Crippen molar-refractivity contribution < 1.29 is 9.47 Å². The molecule has 0 aliphatic heterocycles. The number of hydrogen-bond acceptors (Lipinski definition) is 3. The van der Waals surface area contributed by atoms with Gasteiger partial charge in [-0.05, 0) is 19.4 Å². The Bertz CT molecular complexity index is 352.